The van der Waals surface area contributed by atoms with Crippen molar-refractivity contribution >= 4 is 5.57 Å². The maximum absolute atomic E-state index is 14.7. The lowest BCUT2D eigenvalue weighted by atomic mass is 9.91. The summed E-state index contributed by atoms with van der Waals surface area (Å²) in [5.74, 6) is 0.483. The number of ether oxygens (including phenoxy) is 2. The predicted octanol–water partition coefficient (Wildman–Crippen LogP) is 5.03. The summed E-state index contributed by atoms with van der Waals surface area (Å²) in [6.45, 7) is 3.26. The number of hydrogen-bond donors (Lipinski definition) is 0. The molecule has 3 nitrogen and oxygen atoms in total. The molecule has 1 aliphatic rings. The lowest BCUT2D eigenvalue weighted by molar-refractivity contribution is 0.0509. The minimum atomic E-state index is -0.221. The molecule has 1 unspecified atom stereocenters. The van der Waals surface area contributed by atoms with Gasteiger partial charge < -0.3 is 9.47 Å². The summed E-state index contributed by atoms with van der Waals surface area (Å²) in [5.41, 5.74) is 3.48. The van der Waals surface area contributed by atoms with E-state index in [0.29, 0.717) is 11.3 Å². The number of hydrogen-bond acceptors (Lipinski definition) is 3. The average molecular weight is 369 g/mol. The van der Waals surface area contributed by atoms with E-state index in [1.54, 1.807) is 13.2 Å². The predicted molar refractivity (Wildman–Crippen MR) is 107 cm³/mol. The maximum atomic E-state index is 14.7. The molecule has 1 fully saturated rings. The second-order valence-electron chi connectivity index (χ2n) is 7.15. The van der Waals surface area contributed by atoms with E-state index in [9.17, 15) is 4.39 Å². The Morgan fingerprint density at radius 3 is 2.74 bits per heavy atom. The van der Waals surface area contributed by atoms with Crippen molar-refractivity contribution in [2.75, 3.05) is 27.5 Å². The fraction of sp³-hybridized carbons (Fsp3) is 0.391. The molecule has 1 heterocycles. The zero-order valence-corrected chi connectivity index (χ0v) is 16.4. The number of methoxy groups -OCH3 is 1. The quantitative estimate of drug-likeness (QED) is 0.667. The van der Waals surface area contributed by atoms with Crippen LogP contribution in [-0.2, 0) is 4.74 Å². The first-order valence-electron chi connectivity index (χ1n) is 9.50. The van der Waals surface area contributed by atoms with E-state index in [1.165, 1.54) is 18.9 Å². The molecule has 0 aromatic heterocycles. The standard InChI is InChI=1S/C23H28FNO2/c1-17-11-12-23(27-16-26-3)21(14-17)20(19-9-4-5-10-22(19)24)15-18-8-6-7-13-25(18)2/h4-5,9-12,14-15,18H,6-8,13,16H2,1-3H3. The Balaban J connectivity index is 2.13. The van der Waals surface area contributed by atoms with Gasteiger partial charge in [0.2, 0.25) is 0 Å². The Hall–Kier alpha value is -2.17. The normalized spacial score (nSPS) is 18.5. The molecule has 1 saturated heterocycles. The van der Waals surface area contributed by atoms with Crippen LogP contribution in [0.3, 0.4) is 0 Å². The van der Waals surface area contributed by atoms with Gasteiger partial charge in [0.05, 0.1) is 0 Å². The van der Waals surface area contributed by atoms with Gasteiger partial charge in [-0.25, -0.2) is 4.39 Å². The third-order valence-electron chi connectivity index (χ3n) is 5.11. The number of nitrogens with zero attached hydrogens (tertiary/aromatic N) is 1. The van der Waals surface area contributed by atoms with Crippen molar-refractivity contribution in [1.82, 2.24) is 4.90 Å². The average Bonchev–Trinajstić information content (AvgIpc) is 2.67. The van der Waals surface area contributed by atoms with Crippen LogP contribution in [0.1, 0.15) is 36.0 Å². The Morgan fingerprint density at radius 2 is 2.00 bits per heavy atom. The van der Waals surface area contributed by atoms with E-state index in [-0.39, 0.29) is 18.7 Å². The molecule has 27 heavy (non-hydrogen) atoms. The molecule has 0 aliphatic carbocycles. The number of likely N-dealkylation sites (tertiary alicyclic amines) is 1. The SMILES string of the molecule is COCOc1ccc(C)cc1C(=CC1CCCCN1C)c1ccccc1F. The highest BCUT2D eigenvalue weighted by Gasteiger charge is 2.21. The van der Waals surface area contributed by atoms with Crippen LogP contribution in [0.5, 0.6) is 5.75 Å². The molecule has 2 aromatic rings. The topological polar surface area (TPSA) is 21.7 Å². The summed E-state index contributed by atoms with van der Waals surface area (Å²) < 4.78 is 25.6. The number of rotatable bonds is 6. The molecular weight excluding hydrogens is 341 g/mol. The van der Waals surface area contributed by atoms with Crippen molar-refractivity contribution in [2.24, 2.45) is 0 Å². The highest BCUT2D eigenvalue weighted by molar-refractivity contribution is 5.83. The lowest BCUT2D eigenvalue weighted by Crippen LogP contribution is -2.34. The summed E-state index contributed by atoms with van der Waals surface area (Å²) in [4.78, 5) is 2.34. The van der Waals surface area contributed by atoms with Crippen LogP contribution in [0.2, 0.25) is 0 Å². The van der Waals surface area contributed by atoms with Crippen molar-refractivity contribution in [2.45, 2.75) is 32.2 Å². The van der Waals surface area contributed by atoms with Crippen LogP contribution in [-0.4, -0.2) is 38.4 Å². The van der Waals surface area contributed by atoms with E-state index in [0.717, 1.165) is 29.7 Å². The maximum Gasteiger partial charge on any atom is 0.188 e. The number of aryl methyl sites for hydroxylation is 1. The summed E-state index contributed by atoms with van der Waals surface area (Å²) in [5, 5.41) is 0. The van der Waals surface area contributed by atoms with Crippen LogP contribution >= 0.6 is 0 Å². The number of benzene rings is 2. The van der Waals surface area contributed by atoms with Crippen molar-refractivity contribution in [3.63, 3.8) is 0 Å². The molecule has 0 radical (unpaired) electrons. The second-order valence-corrected chi connectivity index (χ2v) is 7.15. The van der Waals surface area contributed by atoms with Gasteiger partial charge in [-0.3, -0.25) is 4.90 Å². The molecule has 1 atom stereocenters. The number of likely N-dealkylation sites (N-methyl/N-ethyl adjacent to an activating group) is 1. The molecule has 0 amide bonds. The fourth-order valence-electron chi connectivity index (χ4n) is 3.61. The Labute approximate surface area is 161 Å². The number of halogens is 1. The summed E-state index contributed by atoms with van der Waals surface area (Å²) >= 11 is 0. The minimum Gasteiger partial charge on any atom is -0.467 e. The van der Waals surface area contributed by atoms with E-state index in [1.807, 2.05) is 31.2 Å². The van der Waals surface area contributed by atoms with Gasteiger partial charge in [-0.15, -0.1) is 0 Å². The fourth-order valence-corrected chi connectivity index (χ4v) is 3.61. The van der Waals surface area contributed by atoms with Crippen molar-refractivity contribution in [3.05, 3.63) is 71.0 Å². The smallest absolute Gasteiger partial charge is 0.188 e. The molecule has 2 aromatic carbocycles. The Morgan fingerprint density at radius 1 is 1.19 bits per heavy atom. The molecule has 1 aliphatic heterocycles. The van der Waals surface area contributed by atoms with Gasteiger partial charge in [0.1, 0.15) is 11.6 Å². The zero-order valence-electron chi connectivity index (χ0n) is 16.4. The number of piperidine rings is 1. The largest absolute Gasteiger partial charge is 0.467 e. The first-order chi connectivity index (χ1) is 13.1. The minimum absolute atomic E-state index is 0.157. The van der Waals surface area contributed by atoms with E-state index in [2.05, 4.69) is 24.1 Å². The van der Waals surface area contributed by atoms with Gasteiger partial charge in [-0.1, -0.05) is 42.3 Å². The zero-order chi connectivity index (χ0) is 19.2. The molecule has 4 heteroatoms. The Bertz CT molecular complexity index is 803. The molecule has 3 rings (SSSR count). The van der Waals surface area contributed by atoms with Gasteiger partial charge >= 0.3 is 0 Å². The lowest BCUT2D eigenvalue weighted by Gasteiger charge is -2.31. The van der Waals surface area contributed by atoms with Gasteiger partial charge in [0.25, 0.3) is 0 Å². The monoisotopic (exact) mass is 369 g/mol. The van der Waals surface area contributed by atoms with Gasteiger partial charge in [-0.05, 0) is 57.1 Å². The summed E-state index contributed by atoms with van der Waals surface area (Å²) in [6, 6.07) is 13.2. The first kappa shape index (κ1) is 19.6. The van der Waals surface area contributed by atoms with Gasteiger partial charge in [0, 0.05) is 24.3 Å². The first-order valence-corrected chi connectivity index (χ1v) is 9.50. The summed E-state index contributed by atoms with van der Waals surface area (Å²) in [7, 11) is 3.73. The molecule has 0 saturated carbocycles. The van der Waals surface area contributed by atoms with Crippen LogP contribution in [0.4, 0.5) is 4.39 Å². The van der Waals surface area contributed by atoms with Crippen molar-refractivity contribution in [3.8, 4) is 5.75 Å². The summed E-state index contributed by atoms with van der Waals surface area (Å²) in [6.07, 6.45) is 5.68. The van der Waals surface area contributed by atoms with E-state index < -0.39 is 0 Å². The molecule has 0 N–H and O–H groups in total. The van der Waals surface area contributed by atoms with Crippen molar-refractivity contribution in [1.29, 1.82) is 0 Å². The van der Waals surface area contributed by atoms with Crippen LogP contribution < -0.4 is 4.74 Å². The Kier molecular flexibility index (Phi) is 6.64. The second kappa shape index (κ2) is 9.16. The molecule has 0 spiro atoms. The van der Waals surface area contributed by atoms with Crippen LogP contribution in [0, 0.1) is 12.7 Å². The third kappa shape index (κ3) is 4.76. The van der Waals surface area contributed by atoms with E-state index in [4.69, 9.17) is 9.47 Å². The van der Waals surface area contributed by atoms with Crippen LogP contribution in [0.25, 0.3) is 5.57 Å². The molecule has 0 bridgehead atoms. The van der Waals surface area contributed by atoms with Gasteiger partial charge in [0.15, 0.2) is 6.79 Å². The molecular formula is C23H28FNO2. The van der Waals surface area contributed by atoms with E-state index >= 15 is 0 Å². The third-order valence-corrected chi connectivity index (χ3v) is 5.11. The van der Waals surface area contributed by atoms with Gasteiger partial charge in [-0.2, -0.15) is 0 Å². The molecule has 144 valence electrons. The van der Waals surface area contributed by atoms with Crippen molar-refractivity contribution < 1.29 is 13.9 Å². The van der Waals surface area contributed by atoms with Crippen LogP contribution in [0.15, 0.2) is 48.5 Å². The highest BCUT2D eigenvalue weighted by atomic mass is 19.1. The highest BCUT2D eigenvalue weighted by Crippen LogP contribution is 2.35.